The Morgan fingerprint density at radius 3 is 1.49 bits per heavy atom. The van der Waals surface area contributed by atoms with Crippen molar-refractivity contribution in [2.75, 3.05) is 0 Å². The van der Waals surface area contributed by atoms with Crippen molar-refractivity contribution < 1.29 is 0 Å². The zero-order valence-electron chi connectivity index (χ0n) is 30.9. The van der Waals surface area contributed by atoms with E-state index in [2.05, 4.69) is 215 Å². The Morgan fingerprint density at radius 2 is 0.772 bits per heavy atom. The van der Waals surface area contributed by atoms with Crippen LogP contribution < -0.4 is 0 Å². The van der Waals surface area contributed by atoms with Gasteiger partial charge >= 0.3 is 0 Å². The van der Waals surface area contributed by atoms with Gasteiger partial charge in [-0.1, -0.05) is 133 Å². The Morgan fingerprint density at radius 1 is 0.246 bits per heavy atom. The van der Waals surface area contributed by atoms with Crippen LogP contribution in [0.4, 0.5) is 0 Å². The largest absolute Gasteiger partial charge is 0.309 e. The maximum Gasteiger partial charge on any atom is 0.0547 e. The summed E-state index contributed by atoms with van der Waals surface area (Å²) in [6, 6.07) is 75.8. The first-order chi connectivity index (χ1) is 28.2. The molecule has 9 aromatic carbocycles. The monoisotopic (exact) mass is 742 g/mol. The molecule has 2 nitrogen and oxygen atoms in total. The molecule has 3 aromatic heterocycles. The number of para-hydroxylation sites is 2. The first-order valence-electron chi connectivity index (χ1n) is 19.5. The van der Waals surface area contributed by atoms with Crippen molar-refractivity contribution in [3.05, 3.63) is 206 Å². The molecule has 266 valence electrons. The van der Waals surface area contributed by atoms with E-state index in [4.69, 9.17) is 0 Å². The topological polar surface area (TPSA) is 9.86 Å². The van der Waals surface area contributed by atoms with E-state index in [-0.39, 0.29) is 0 Å². The number of nitrogens with zero attached hydrogens (tertiary/aromatic N) is 2. The highest BCUT2D eigenvalue weighted by atomic mass is 32.1. The lowest BCUT2D eigenvalue weighted by Gasteiger charge is -2.14. The summed E-state index contributed by atoms with van der Waals surface area (Å²) in [5, 5.41) is 7.63. The van der Waals surface area contributed by atoms with Crippen LogP contribution in [-0.4, -0.2) is 9.13 Å². The highest BCUT2D eigenvalue weighted by molar-refractivity contribution is 7.25. The minimum absolute atomic E-state index is 1.15. The second kappa shape index (κ2) is 12.7. The van der Waals surface area contributed by atoms with E-state index in [0.717, 1.165) is 5.69 Å². The minimum Gasteiger partial charge on any atom is -0.309 e. The zero-order valence-corrected chi connectivity index (χ0v) is 31.7. The number of thiophene rings is 1. The fraction of sp³-hybridized carbons (Fsp3) is 0. The molecular formula is C54H34N2S. The van der Waals surface area contributed by atoms with E-state index in [1.54, 1.807) is 0 Å². The maximum absolute atomic E-state index is 2.45. The van der Waals surface area contributed by atoms with Gasteiger partial charge in [-0.15, -0.1) is 11.3 Å². The van der Waals surface area contributed by atoms with Crippen molar-refractivity contribution in [3.8, 4) is 44.8 Å². The highest BCUT2D eigenvalue weighted by Gasteiger charge is 2.18. The number of rotatable bonds is 5. The summed E-state index contributed by atoms with van der Waals surface area (Å²) in [5.74, 6) is 0. The number of hydrogen-bond donors (Lipinski definition) is 0. The van der Waals surface area contributed by atoms with Gasteiger partial charge in [-0.05, 0) is 106 Å². The highest BCUT2D eigenvalue weighted by Crippen LogP contribution is 2.41. The van der Waals surface area contributed by atoms with Gasteiger partial charge in [0.1, 0.15) is 0 Å². The van der Waals surface area contributed by atoms with Crippen molar-refractivity contribution in [2.45, 2.75) is 0 Å². The average molecular weight is 743 g/mol. The Balaban J connectivity index is 1.05. The van der Waals surface area contributed by atoms with Gasteiger partial charge in [0.2, 0.25) is 0 Å². The molecule has 3 heteroatoms. The predicted octanol–water partition coefficient (Wildman–Crippen LogP) is 15.2. The molecule has 0 amide bonds. The molecule has 0 N–H and O–H groups in total. The van der Waals surface area contributed by atoms with Gasteiger partial charge in [-0.25, -0.2) is 0 Å². The van der Waals surface area contributed by atoms with Crippen LogP contribution in [0, 0.1) is 0 Å². The minimum atomic E-state index is 1.15. The first kappa shape index (κ1) is 32.1. The second-order valence-corrected chi connectivity index (χ2v) is 16.0. The summed E-state index contributed by atoms with van der Waals surface area (Å²) in [6.07, 6.45) is 0. The van der Waals surface area contributed by atoms with Crippen LogP contribution in [0.15, 0.2) is 206 Å². The Bertz CT molecular complexity index is 3450. The van der Waals surface area contributed by atoms with E-state index in [1.165, 1.54) is 103 Å². The third-order valence-corrected chi connectivity index (χ3v) is 12.8. The molecule has 0 saturated heterocycles. The third kappa shape index (κ3) is 5.10. The first-order valence-corrected chi connectivity index (χ1v) is 20.3. The fourth-order valence-electron chi connectivity index (χ4n) is 9.05. The molecule has 0 aliphatic carbocycles. The van der Waals surface area contributed by atoms with E-state index < -0.39 is 0 Å². The molecule has 3 heterocycles. The summed E-state index contributed by atoms with van der Waals surface area (Å²) in [5.41, 5.74) is 14.3. The van der Waals surface area contributed by atoms with Gasteiger partial charge in [0, 0.05) is 53.1 Å². The summed E-state index contributed by atoms with van der Waals surface area (Å²) < 4.78 is 7.54. The molecule has 0 atom stereocenters. The van der Waals surface area contributed by atoms with Gasteiger partial charge in [0.15, 0.2) is 0 Å². The maximum atomic E-state index is 2.45. The molecule has 0 aliphatic heterocycles. The smallest absolute Gasteiger partial charge is 0.0547 e. The SMILES string of the molecule is c1ccc(-c2cc(-c3ccccc3)cc(-n3c4ccccc4c4cc(-c5ccc6c7ccccc7n(-c7ccc8sc9ccccc9c8c7)c6c5)ccc43)c2)cc1. The molecule has 0 spiro atoms. The average Bonchev–Trinajstić information content (AvgIpc) is 3.94. The van der Waals surface area contributed by atoms with Crippen LogP contribution in [0.2, 0.25) is 0 Å². The third-order valence-electron chi connectivity index (χ3n) is 11.7. The van der Waals surface area contributed by atoms with E-state index >= 15 is 0 Å². The van der Waals surface area contributed by atoms with Gasteiger partial charge in [-0.2, -0.15) is 0 Å². The van der Waals surface area contributed by atoms with E-state index in [1.807, 2.05) is 11.3 Å². The summed E-state index contributed by atoms with van der Waals surface area (Å²) >= 11 is 1.86. The van der Waals surface area contributed by atoms with Crippen LogP contribution in [0.25, 0.3) is 109 Å². The van der Waals surface area contributed by atoms with Gasteiger partial charge in [0.05, 0.1) is 22.1 Å². The van der Waals surface area contributed by atoms with Crippen LogP contribution in [0.5, 0.6) is 0 Å². The number of hydrogen-bond acceptors (Lipinski definition) is 1. The zero-order chi connectivity index (χ0) is 37.5. The molecular weight excluding hydrogens is 709 g/mol. The molecule has 12 rings (SSSR count). The van der Waals surface area contributed by atoms with E-state index in [9.17, 15) is 0 Å². The van der Waals surface area contributed by atoms with Crippen molar-refractivity contribution in [1.29, 1.82) is 0 Å². The van der Waals surface area contributed by atoms with Crippen molar-refractivity contribution in [3.63, 3.8) is 0 Å². The quantitative estimate of drug-likeness (QED) is 0.166. The van der Waals surface area contributed by atoms with Crippen molar-refractivity contribution >= 4 is 75.1 Å². The summed E-state index contributed by atoms with van der Waals surface area (Å²) in [6.45, 7) is 0. The molecule has 0 saturated carbocycles. The van der Waals surface area contributed by atoms with Crippen LogP contribution in [0.1, 0.15) is 0 Å². The van der Waals surface area contributed by atoms with Crippen molar-refractivity contribution in [1.82, 2.24) is 9.13 Å². The Hall–Kier alpha value is -7.20. The molecule has 57 heavy (non-hydrogen) atoms. The van der Waals surface area contributed by atoms with Crippen molar-refractivity contribution in [2.24, 2.45) is 0 Å². The second-order valence-electron chi connectivity index (χ2n) is 14.9. The Kier molecular flexibility index (Phi) is 7.13. The number of benzene rings is 9. The van der Waals surface area contributed by atoms with Gasteiger partial charge in [0.25, 0.3) is 0 Å². The van der Waals surface area contributed by atoms with Crippen LogP contribution in [-0.2, 0) is 0 Å². The summed E-state index contributed by atoms with van der Waals surface area (Å²) in [4.78, 5) is 0. The van der Waals surface area contributed by atoms with Crippen LogP contribution >= 0.6 is 11.3 Å². The molecule has 0 aliphatic rings. The molecule has 0 fully saturated rings. The lowest BCUT2D eigenvalue weighted by molar-refractivity contribution is 1.18. The van der Waals surface area contributed by atoms with E-state index in [0.29, 0.717) is 0 Å². The molecule has 0 bridgehead atoms. The Labute approximate surface area is 333 Å². The van der Waals surface area contributed by atoms with Crippen LogP contribution in [0.3, 0.4) is 0 Å². The number of fused-ring (bicyclic) bond motifs is 9. The lowest BCUT2D eigenvalue weighted by atomic mass is 9.98. The predicted molar refractivity (Wildman–Crippen MR) is 244 cm³/mol. The van der Waals surface area contributed by atoms with Gasteiger partial charge < -0.3 is 9.13 Å². The fourth-order valence-corrected chi connectivity index (χ4v) is 10.1. The molecule has 0 unspecified atom stereocenters. The number of aromatic nitrogens is 2. The van der Waals surface area contributed by atoms with Gasteiger partial charge in [-0.3, -0.25) is 0 Å². The standard InChI is InChI=1S/C54H34N2S/c1-3-13-35(14-4-1)39-29-40(36-15-5-2-6-16-36)31-42(30-39)56-50-21-11-8-18-44(50)47-32-37(24-27-51(47)56)38-23-26-45-43-17-7-10-20-49(43)55(52(45)33-38)41-25-28-54-48(34-41)46-19-9-12-22-53(46)57-54/h1-34H. The lowest BCUT2D eigenvalue weighted by Crippen LogP contribution is -1.96. The normalized spacial score (nSPS) is 11.9. The summed E-state index contributed by atoms with van der Waals surface area (Å²) in [7, 11) is 0. The molecule has 12 aromatic rings. The molecule has 0 radical (unpaired) electrons.